The van der Waals surface area contributed by atoms with Crippen molar-refractivity contribution in [3.8, 4) is 16.9 Å². The number of carbonyl (C=O) groups excluding carboxylic acids is 2. The number of thiophene rings is 1. The van der Waals surface area contributed by atoms with Crippen LogP contribution in [-0.4, -0.2) is 24.6 Å². The van der Waals surface area contributed by atoms with Crippen LogP contribution in [0.4, 0.5) is 5.00 Å². The van der Waals surface area contributed by atoms with Crippen LogP contribution >= 0.6 is 22.9 Å². The lowest BCUT2D eigenvalue weighted by molar-refractivity contribution is -0.122. The van der Waals surface area contributed by atoms with E-state index in [-0.39, 0.29) is 12.2 Å². The fourth-order valence-electron chi connectivity index (χ4n) is 3.55. The van der Waals surface area contributed by atoms with Crippen molar-refractivity contribution >= 4 is 50.8 Å². The maximum absolute atomic E-state index is 12.9. The number of halogens is 1. The number of aryl methyl sites for hydroxylation is 1. The summed E-state index contributed by atoms with van der Waals surface area (Å²) < 4.78 is 16.3. The zero-order valence-electron chi connectivity index (χ0n) is 19.2. The summed E-state index contributed by atoms with van der Waals surface area (Å²) in [5, 5.41) is 6.27. The number of amides is 1. The summed E-state index contributed by atoms with van der Waals surface area (Å²) in [4.78, 5) is 37.4. The van der Waals surface area contributed by atoms with Crippen molar-refractivity contribution < 1.29 is 23.5 Å². The molecule has 35 heavy (non-hydrogen) atoms. The van der Waals surface area contributed by atoms with Crippen molar-refractivity contribution in [3.05, 3.63) is 80.5 Å². The Bertz CT molecular complexity index is 1460. The van der Waals surface area contributed by atoms with Gasteiger partial charge < -0.3 is 19.2 Å². The average molecular weight is 512 g/mol. The third-order valence-electron chi connectivity index (χ3n) is 5.27. The number of esters is 1. The molecule has 1 amide bonds. The minimum absolute atomic E-state index is 0.194. The number of benzene rings is 2. The first-order valence-electron chi connectivity index (χ1n) is 10.8. The number of anilines is 1. The summed E-state index contributed by atoms with van der Waals surface area (Å²) >= 11 is 7.21. The second-order valence-corrected chi connectivity index (χ2v) is 9.05. The van der Waals surface area contributed by atoms with Crippen LogP contribution in [0.1, 0.15) is 29.8 Å². The molecule has 4 aromatic rings. The Balaban J connectivity index is 1.57. The highest BCUT2D eigenvalue weighted by Gasteiger charge is 2.25. The second kappa shape index (κ2) is 10.3. The van der Waals surface area contributed by atoms with Crippen molar-refractivity contribution in [1.29, 1.82) is 0 Å². The van der Waals surface area contributed by atoms with Gasteiger partial charge in [-0.1, -0.05) is 23.7 Å². The van der Waals surface area contributed by atoms with Crippen LogP contribution in [0.3, 0.4) is 0 Å². The number of nitrogens with one attached hydrogen (secondary N) is 1. The van der Waals surface area contributed by atoms with Crippen LogP contribution in [0.15, 0.2) is 63.1 Å². The van der Waals surface area contributed by atoms with E-state index in [2.05, 4.69) is 5.32 Å². The fraction of sp³-hybridized carbons (Fsp3) is 0.192. The molecule has 0 bridgehead atoms. The monoisotopic (exact) mass is 511 g/mol. The summed E-state index contributed by atoms with van der Waals surface area (Å²) in [5.74, 6) is -0.624. The van der Waals surface area contributed by atoms with Crippen LogP contribution in [0, 0.1) is 6.92 Å². The summed E-state index contributed by atoms with van der Waals surface area (Å²) in [6, 6.07) is 13.5. The molecule has 2 heterocycles. The highest BCUT2D eigenvalue weighted by atomic mass is 35.5. The molecule has 0 aliphatic rings. The third kappa shape index (κ3) is 5.39. The minimum Gasteiger partial charge on any atom is -0.481 e. The van der Waals surface area contributed by atoms with Gasteiger partial charge in [0.25, 0.3) is 5.91 Å². The maximum atomic E-state index is 12.9. The van der Waals surface area contributed by atoms with E-state index in [0.29, 0.717) is 26.9 Å². The molecular formula is C26H22ClNO6S. The SMILES string of the molecule is CCOC(=O)c1c(-c2ccc(Cl)cc2)csc1NC(=O)C(C)Oc1ccc2c(C)cc(=O)oc2c1. The van der Waals surface area contributed by atoms with Gasteiger partial charge in [-0.15, -0.1) is 11.3 Å². The van der Waals surface area contributed by atoms with Gasteiger partial charge >= 0.3 is 11.6 Å². The molecule has 9 heteroatoms. The van der Waals surface area contributed by atoms with Crippen molar-refractivity contribution in [2.24, 2.45) is 0 Å². The lowest BCUT2D eigenvalue weighted by Gasteiger charge is -2.15. The Morgan fingerprint density at radius 3 is 2.60 bits per heavy atom. The number of carbonyl (C=O) groups is 2. The first kappa shape index (κ1) is 24.5. The smallest absolute Gasteiger partial charge is 0.341 e. The molecule has 1 unspecified atom stereocenters. The molecule has 2 aromatic carbocycles. The van der Waals surface area contributed by atoms with E-state index in [1.54, 1.807) is 61.7 Å². The fourth-order valence-corrected chi connectivity index (χ4v) is 4.63. The predicted octanol–water partition coefficient (Wildman–Crippen LogP) is 6.07. The highest BCUT2D eigenvalue weighted by molar-refractivity contribution is 7.15. The van der Waals surface area contributed by atoms with Crippen molar-refractivity contribution in [3.63, 3.8) is 0 Å². The molecule has 0 saturated heterocycles. The quantitative estimate of drug-likeness (QED) is 0.239. The van der Waals surface area contributed by atoms with E-state index in [4.69, 9.17) is 25.5 Å². The van der Waals surface area contributed by atoms with Crippen LogP contribution in [0.25, 0.3) is 22.1 Å². The Morgan fingerprint density at radius 1 is 1.14 bits per heavy atom. The number of rotatable bonds is 7. The lowest BCUT2D eigenvalue weighted by atomic mass is 10.0. The van der Waals surface area contributed by atoms with Crippen molar-refractivity contribution in [2.45, 2.75) is 26.9 Å². The van der Waals surface area contributed by atoms with E-state index >= 15 is 0 Å². The summed E-state index contributed by atoms with van der Waals surface area (Å²) in [5.41, 5.74) is 2.37. The van der Waals surface area contributed by atoms with Crippen molar-refractivity contribution in [2.75, 3.05) is 11.9 Å². The lowest BCUT2D eigenvalue weighted by Crippen LogP contribution is -2.30. The molecular weight excluding hydrogens is 490 g/mol. The van der Waals surface area contributed by atoms with Crippen molar-refractivity contribution in [1.82, 2.24) is 0 Å². The van der Waals surface area contributed by atoms with Crippen LogP contribution in [-0.2, 0) is 9.53 Å². The second-order valence-electron chi connectivity index (χ2n) is 7.74. The Kier molecular flexibility index (Phi) is 7.23. The van der Waals surface area contributed by atoms with E-state index in [0.717, 1.165) is 16.5 Å². The van der Waals surface area contributed by atoms with Gasteiger partial charge in [-0.05, 0) is 56.2 Å². The third-order valence-corrected chi connectivity index (χ3v) is 6.41. The topological polar surface area (TPSA) is 94.8 Å². The molecule has 1 atom stereocenters. The Morgan fingerprint density at radius 2 is 1.89 bits per heavy atom. The molecule has 2 aromatic heterocycles. The summed E-state index contributed by atoms with van der Waals surface area (Å²) in [6.07, 6.45) is -0.903. The van der Waals surface area contributed by atoms with E-state index in [9.17, 15) is 14.4 Å². The Hall–Kier alpha value is -3.62. The van der Waals surface area contributed by atoms with E-state index in [1.807, 2.05) is 6.92 Å². The van der Waals surface area contributed by atoms with Gasteiger partial charge in [0.1, 0.15) is 21.9 Å². The molecule has 0 aliphatic carbocycles. The van der Waals surface area contributed by atoms with Crippen LogP contribution < -0.4 is 15.7 Å². The van der Waals surface area contributed by atoms with Gasteiger partial charge in [0.15, 0.2) is 6.10 Å². The van der Waals surface area contributed by atoms with Crippen LogP contribution in [0.5, 0.6) is 5.75 Å². The molecule has 1 N–H and O–H groups in total. The molecule has 0 spiro atoms. The minimum atomic E-state index is -0.903. The first-order valence-corrected chi connectivity index (χ1v) is 12.1. The summed E-state index contributed by atoms with van der Waals surface area (Å²) in [6.45, 7) is 5.31. The van der Waals surface area contributed by atoms with Gasteiger partial charge in [0.2, 0.25) is 0 Å². The van der Waals surface area contributed by atoms with Gasteiger partial charge in [0.05, 0.1) is 6.61 Å². The molecule has 7 nitrogen and oxygen atoms in total. The molecule has 0 saturated carbocycles. The highest BCUT2D eigenvalue weighted by Crippen LogP contribution is 2.37. The number of hydrogen-bond donors (Lipinski definition) is 1. The maximum Gasteiger partial charge on any atom is 0.341 e. The van der Waals surface area contributed by atoms with E-state index in [1.165, 1.54) is 17.4 Å². The molecule has 0 radical (unpaired) electrons. The Labute approximate surface area is 210 Å². The largest absolute Gasteiger partial charge is 0.481 e. The zero-order chi connectivity index (χ0) is 25.1. The number of hydrogen-bond acceptors (Lipinski definition) is 7. The number of fused-ring (bicyclic) bond motifs is 1. The normalized spacial score (nSPS) is 11.8. The predicted molar refractivity (Wildman–Crippen MR) is 137 cm³/mol. The van der Waals surface area contributed by atoms with Gasteiger partial charge in [-0.2, -0.15) is 0 Å². The van der Waals surface area contributed by atoms with Gasteiger partial charge in [-0.3, -0.25) is 4.79 Å². The summed E-state index contributed by atoms with van der Waals surface area (Å²) in [7, 11) is 0. The first-order chi connectivity index (χ1) is 16.8. The standard InChI is InChI=1S/C26H22ClNO6S/c1-4-32-26(31)23-20(16-5-7-17(27)8-6-16)13-35-25(23)28-24(30)15(3)33-18-9-10-19-14(2)11-22(29)34-21(19)12-18/h5-13,15H,4H2,1-3H3,(H,28,30). The molecule has 180 valence electrons. The van der Waals surface area contributed by atoms with Gasteiger partial charge in [-0.25, -0.2) is 9.59 Å². The van der Waals surface area contributed by atoms with Gasteiger partial charge in [0, 0.05) is 33.5 Å². The number of ether oxygens (including phenoxy) is 2. The molecule has 4 rings (SSSR count). The molecule has 0 fully saturated rings. The van der Waals surface area contributed by atoms with Crippen LogP contribution in [0.2, 0.25) is 5.02 Å². The molecule has 0 aliphatic heterocycles. The zero-order valence-corrected chi connectivity index (χ0v) is 20.8. The average Bonchev–Trinajstić information content (AvgIpc) is 3.22. The van der Waals surface area contributed by atoms with E-state index < -0.39 is 23.6 Å².